The maximum absolute atomic E-state index is 13.2. The number of benzene rings is 1. The van der Waals surface area contributed by atoms with Crippen molar-refractivity contribution in [1.82, 2.24) is 29.7 Å². The zero-order valence-corrected chi connectivity index (χ0v) is 18.5. The molecule has 1 aliphatic heterocycles. The summed E-state index contributed by atoms with van der Waals surface area (Å²) in [6, 6.07) is 5.70. The molecular weight excluding hydrogens is 438 g/mol. The number of hydrogen-bond donors (Lipinski definition) is 3. The number of fused-ring (bicyclic) bond motifs is 2. The number of rotatable bonds is 6. The van der Waals surface area contributed by atoms with Crippen molar-refractivity contribution < 1.29 is 13.9 Å². The molecule has 0 spiro atoms. The number of aryl methyl sites for hydroxylation is 1. The lowest BCUT2D eigenvalue weighted by atomic mass is 10.1. The van der Waals surface area contributed by atoms with E-state index in [0.29, 0.717) is 53.6 Å². The van der Waals surface area contributed by atoms with Crippen molar-refractivity contribution in [2.45, 2.75) is 25.5 Å². The molecule has 174 valence electrons. The van der Waals surface area contributed by atoms with Crippen LogP contribution in [0, 0.1) is 0 Å². The topological polar surface area (TPSA) is 136 Å². The summed E-state index contributed by atoms with van der Waals surface area (Å²) in [6.07, 6.45) is 6.55. The molecule has 11 nitrogen and oxygen atoms in total. The van der Waals surface area contributed by atoms with E-state index in [-0.39, 0.29) is 11.7 Å². The number of hydrogen-bond acceptors (Lipinski definition) is 8. The molecule has 0 atom stereocenters. The van der Waals surface area contributed by atoms with Crippen molar-refractivity contribution in [2.24, 2.45) is 7.05 Å². The third-order valence-corrected chi connectivity index (χ3v) is 5.88. The highest BCUT2D eigenvalue weighted by atomic mass is 16.5. The van der Waals surface area contributed by atoms with E-state index in [1.807, 2.05) is 18.2 Å². The van der Waals surface area contributed by atoms with Crippen LogP contribution in [0.15, 0.2) is 46.3 Å². The predicted molar refractivity (Wildman–Crippen MR) is 125 cm³/mol. The smallest absolute Gasteiger partial charge is 0.261 e. The van der Waals surface area contributed by atoms with Crippen molar-refractivity contribution in [3.63, 3.8) is 0 Å². The third-order valence-electron chi connectivity index (χ3n) is 5.88. The molecule has 1 saturated heterocycles. The van der Waals surface area contributed by atoms with E-state index in [9.17, 15) is 4.79 Å². The second kappa shape index (κ2) is 8.34. The average Bonchev–Trinajstić information content (AvgIpc) is 3.57. The zero-order chi connectivity index (χ0) is 23.1. The molecule has 11 heteroatoms. The highest BCUT2D eigenvalue weighted by Gasteiger charge is 2.21. The number of aromatic nitrogens is 6. The van der Waals surface area contributed by atoms with Crippen molar-refractivity contribution in [3.8, 4) is 17.1 Å². The largest absolute Gasteiger partial charge is 0.490 e. The quantitative estimate of drug-likeness (QED) is 0.351. The Kier molecular flexibility index (Phi) is 5.02. The van der Waals surface area contributed by atoms with Crippen LogP contribution in [0.4, 0.5) is 5.69 Å². The molecule has 4 aromatic heterocycles. The van der Waals surface area contributed by atoms with Crippen LogP contribution in [0.1, 0.15) is 18.5 Å². The van der Waals surface area contributed by atoms with E-state index < -0.39 is 0 Å². The molecule has 0 amide bonds. The predicted octanol–water partition coefficient (Wildman–Crippen LogP) is 2.96. The van der Waals surface area contributed by atoms with Gasteiger partial charge in [0.1, 0.15) is 35.0 Å². The Morgan fingerprint density at radius 2 is 2.12 bits per heavy atom. The standard InChI is InChI=1S/C23H23N7O4/c1-30-10-18-20(29-30)21(24-9-13-11-33-12-25-13)19(23(31)28-18)22-26-16-3-2-15(8-17(16)27-22)34-14-4-6-32-7-5-14/h2-3,8,10-12,14,24H,4-7,9H2,1H3,(H,26,27)(H,28,31). The summed E-state index contributed by atoms with van der Waals surface area (Å²) in [5.41, 5.74) is 4.14. The van der Waals surface area contributed by atoms with E-state index in [1.54, 1.807) is 24.2 Å². The van der Waals surface area contributed by atoms with Crippen molar-refractivity contribution >= 4 is 27.8 Å². The van der Waals surface area contributed by atoms with E-state index in [2.05, 4.69) is 25.4 Å². The van der Waals surface area contributed by atoms with Gasteiger partial charge >= 0.3 is 0 Å². The van der Waals surface area contributed by atoms with Gasteiger partial charge in [0, 0.05) is 32.2 Å². The van der Waals surface area contributed by atoms with Crippen LogP contribution < -0.4 is 15.6 Å². The second-order valence-electron chi connectivity index (χ2n) is 8.30. The summed E-state index contributed by atoms with van der Waals surface area (Å²) in [4.78, 5) is 28.2. The van der Waals surface area contributed by atoms with E-state index in [1.165, 1.54) is 6.39 Å². The number of aromatic amines is 2. The molecular formula is C23H23N7O4. The van der Waals surface area contributed by atoms with Crippen molar-refractivity contribution in [2.75, 3.05) is 18.5 Å². The van der Waals surface area contributed by atoms with Crippen LogP contribution in [-0.2, 0) is 18.3 Å². The van der Waals surface area contributed by atoms with Gasteiger partial charge in [-0.1, -0.05) is 0 Å². The summed E-state index contributed by atoms with van der Waals surface area (Å²) in [6.45, 7) is 1.79. The minimum Gasteiger partial charge on any atom is -0.490 e. The van der Waals surface area contributed by atoms with Gasteiger partial charge in [0.05, 0.1) is 47.7 Å². The highest BCUT2D eigenvalue weighted by molar-refractivity contribution is 5.96. The van der Waals surface area contributed by atoms with Crippen LogP contribution in [-0.4, -0.2) is 49.0 Å². The van der Waals surface area contributed by atoms with Gasteiger partial charge < -0.3 is 29.2 Å². The van der Waals surface area contributed by atoms with Gasteiger partial charge in [0.25, 0.3) is 5.56 Å². The van der Waals surface area contributed by atoms with E-state index in [0.717, 1.165) is 29.6 Å². The maximum Gasteiger partial charge on any atom is 0.261 e. The van der Waals surface area contributed by atoms with Gasteiger partial charge in [0.15, 0.2) is 6.39 Å². The molecule has 0 unspecified atom stereocenters. The molecule has 0 radical (unpaired) electrons. The number of oxazole rings is 1. The van der Waals surface area contributed by atoms with Crippen LogP contribution in [0.2, 0.25) is 0 Å². The normalized spacial score (nSPS) is 14.7. The van der Waals surface area contributed by atoms with Crippen LogP contribution in [0.25, 0.3) is 33.5 Å². The summed E-state index contributed by atoms with van der Waals surface area (Å²) >= 11 is 0. The van der Waals surface area contributed by atoms with Crippen LogP contribution >= 0.6 is 0 Å². The first-order chi connectivity index (χ1) is 16.6. The van der Waals surface area contributed by atoms with E-state index in [4.69, 9.17) is 18.9 Å². The Hall–Kier alpha value is -4.12. The van der Waals surface area contributed by atoms with Gasteiger partial charge in [-0.25, -0.2) is 9.97 Å². The van der Waals surface area contributed by atoms with Crippen LogP contribution in [0.5, 0.6) is 5.75 Å². The van der Waals surface area contributed by atoms with Gasteiger partial charge in [-0.2, -0.15) is 5.10 Å². The number of ether oxygens (including phenoxy) is 2. The fraction of sp³-hybridized carbons (Fsp3) is 0.304. The lowest BCUT2D eigenvalue weighted by molar-refractivity contribution is 0.0256. The summed E-state index contributed by atoms with van der Waals surface area (Å²) < 4.78 is 18.3. The Labute approximate surface area is 193 Å². The fourth-order valence-electron chi connectivity index (χ4n) is 4.25. The van der Waals surface area contributed by atoms with Crippen molar-refractivity contribution in [3.05, 3.63) is 53.1 Å². The Balaban J connectivity index is 1.40. The Bertz CT molecular complexity index is 1510. The van der Waals surface area contributed by atoms with Gasteiger partial charge in [0.2, 0.25) is 0 Å². The molecule has 3 N–H and O–H groups in total. The van der Waals surface area contributed by atoms with Crippen molar-refractivity contribution in [1.29, 1.82) is 0 Å². The zero-order valence-electron chi connectivity index (χ0n) is 18.5. The minimum absolute atomic E-state index is 0.135. The molecule has 0 bridgehead atoms. The molecule has 34 heavy (non-hydrogen) atoms. The lowest BCUT2D eigenvalue weighted by Crippen LogP contribution is -2.25. The highest BCUT2D eigenvalue weighted by Crippen LogP contribution is 2.31. The lowest BCUT2D eigenvalue weighted by Gasteiger charge is -2.23. The number of H-pyrrole nitrogens is 2. The first kappa shape index (κ1) is 20.5. The molecule has 5 heterocycles. The van der Waals surface area contributed by atoms with Gasteiger partial charge in [-0.15, -0.1) is 0 Å². The minimum atomic E-state index is -0.277. The summed E-state index contributed by atoms with van der Waals surface area (Å²) in [7, 11) is 1.81. The number of anilines is 1. The molecule has 1 aliphatic rings. The number of nitrogens with zero attached hydrogens (tertiary/aromatic N) is 4. The fourth-order valence-corrected chi connectivity index (χ4v) is 4.25. The first-order valence-corrected chi connectivity index (χ1v) is 11.1. The van der Waals surface area contributed by atoms with Gasteiger partial charge in [-0.3, -0.25) is 9.48 Å². The molecule has 6 rings (SSSR count). The number of pyridine rings is 1. The monoisotopic (exact) mass is 461 g/mol. The third kappa shape index (κ3) is 3.79. The number of nitrogens with one attached hydrogen (secondary N) is 3. The second-order valence-corrected chi connectivity index (χ2v) is 8.30. The number of imidazole rings is 1. The van der Waals surface area contributed by atoms with Gasteiger partial charge in [-0.05, 0) is 12.1 Å². The summed E-state index contributed by atoms with van der Waals surface area (Å²) in [5.74, 6) is 1.20. The summed E-state index contributed by atoms with van der Waals surface area (Å²) in [5, 5.41) is 7.85. The Morgan fingerprint density at radius 3 is 2.94 bits per heavy atom. The molecule has 5 aromatic rings. The molecule has 1 aromatic carbocycles. The Morgan fingerprint density at radius 1 is 1.24 bits per heavy atom. The first-order valence-electron chi connectivity index (χ1n) is 11.1. The maximum atomic E-state index is 13.2. The molecule has 1 fully saturated rings. The molecule has 0 aliphatic carbocycles. The average molecular weight is 461 g/mol. The van der Waals surface area contributed by atoms with E-state index >= 15 is 0 Å². The SMILES string of the molecule is Cn1cc2[nH]c(=O)c(-c3nc4ccc(OC5CCOCC5)cc4[nH]3)c(NCc3cocn3)c2n1. The molecule has 0 saturated carbocycles. The van der Waals surface area contributed by atoms with Crippen LogP contribution in [0.3, 0.4) is 0 Å².